The third kappa shape index (κ3) is 4.25. The molecule has 9 aromatic carbocycles. The van der Waals surface area contributed by atoms with Gasteiger partial charge in [-0.15, -0.1) is 0 Å². The van der Waals surface area contributed by atoms with Crippen LogP contribution >= 0.6 is 0 Å². The summed E-state index contributed by atoms with van der Waals surface area (Å²) >= 11 is 0. The number of hydrogen-bond donors (Lipinski definition) is 0. The first-order valence-corrected chi connectivity index (χ1v) is 17.9. The van der Waals surface area contributed by atoms with Gasteiger partial charge in [-0.05, 0) is 103 Å². The van der Waals surface area contributed by atoms with Crippen LogP contribution in [0.5, 0.6) is 0 Å². The van der Waals surface area contributed by atoms with E-state index in [1.807, 2.05) is 0 Å². The van der Waals surface area contributed by atoms with Crippen LogP contribution in [0.1, 0.15) is 0 Å². The Bertz CT molecular complexity index is 3110. The van der Waals surface area contributed by atoms with Crippen molar-refractivity contribution in [1.82, 2.24) is 9.13 Å². The van der Waals surface area contributed by atoms with Crippen molar-refractivity contribution in [2.45, 2.75) is 0 Å². The Hall–Kier alpha value is -6.90. The van der Waals surface area contributed by atoms with Gasteiger partial charge in [-0.3, -0.25) is 0 Å². The summed E-state index contributed by atoms with van der Waals surface area (Å²) in [4.78, 5) is 0. The molecule has 0 radical (unpaired) electrons. The summed E-state index contributed by atoms with van der Waals surface area (Å²) in [6.07, 6.45) is 2.21. The van der Waals surface area contributed by atoms with Gasteiger partial charge in [0.15, 0.2) is 0 Å². The van der Waals surface area contributed by atoms with Crippen molar-refractivity contribution in [1.29, 1.82) is 0 Å². The highest BCUT2D eigenvalue weighted by molar-refractivity contribution is 6.26. The maximum atomic E-state index is 2.47. The Balaban J connectivity index is 1.14. The minimum Gasteiger partial charge on any atom is -0.316 e. The van der Waals surface area contributed by atoms with Crippen molar-refractivity contribution >= 4 is 65.0 Å². The number of hydrogen-bond acceptors (Lipinski definition) is 0. The molecule has 242 valence electrons. The highest BCUT2D eigenvalue weighted by Gasteiger charge is 2.21. The summed E-state index contributed by atoms with van der Waals surface area (Å²) in [6.45, 7) is 0. The van der Waals surface area contributed by atoms with Crippen LogP contribution in [0.4, 0.5) is 0 Å². The van der Waals surface area contributed by atoms with Crippen LogP contribution in [0.15, 0.2) is 194 Å². The van der Waals surface area contributed by atoms with Gasteiger partial charge in [0.1, 0.15) is 0 Å². The van der Waals surface area contributed by atoms with Gasteiger partial charge in [-0.1, -0.05) is 140 Å². The van der Waals surface area contributed by atoms with E-state index in [0.29, 0.717) is 0 Å². The number of benzene rings is 9. The van der Waals surface area contributed by atoms with Crippen molar-refractivity contribution in [3.8, 4) is 33.6 Å². The average molecular weight is 661 g/mol. The zero-order valence-electron chi connectivity index (χ0n) is 28.4. The summed E-state index contributed by atoms with van der Waals surface area (Å²) < 4.78 is 4.79. The molecule has 11 aromatic rings. The van der Waals surface area contributed by atoms with Crippen LogP contribution in [0.2, 0.25) is 0 Å². The lowest BCUT2D eigenvalue weighted by Gasteiger charge is -2.14. The van der Waals surface area contributed by atoms with Crippen LogP contribution in [0.25, 0.3) is 98.7 Å². The number of para-hydroxylation sites is 2. The summed E-state index contributed by atoms with van der Waals surface area (Å²) in [5, 5.41) is 11.5. The number of nitrogens with zero attached hydrogens (tertiary/aromatic N) is 2. The van der Waals surface area contributed by atoms with Crippen LogP contribution in [-0.2, 0) is 0 Å². The maximum absolute atomic E-state index is 2.47. The van der Waals surface area contributed by atoms with E-state index in [0.717, 1.165) is 11.4 Å². The molecule has 52 heavy (non-hydrogen) atoms. The molecule has 0 aliphatic carbocycles. The minimum absolute atomic E-state index is 1.14. The van der Waals surface area contributed by atoms with Gasteiger partial charge in [-0.2, -0.15) is 0 Å². The predicted molar refractivity (Wildman–Crippen MR) is 221 cm³/mol. The van der Waals surface area contributed by atoms with Crippen molar-refractivity contribution in [2.24, 2.45) is 0 Å². The largest absolute Gasteiger partial charge is 0.316 e. The minimum atomic E-state index is 1.14. The molecule has 0 saturated heterocycles. The second-order valence-electron chi connectivity index (χ2n) is 13.7. The van der Waals surface area contributed by atoms with Crippen molar-refractivity contribution in [2.75, 3.05) is 0 Å². The van der Waals surface area contributed by atoms with E-state index < -0.39 is 0 Å². The lowest BCUT2D eigenvalue weighted by molar-refractivity contribution is 1.13. The molecular formula is C50H32N2. The van der Waals surface area contributed by atoms with Crippen molar-refractivity contribution in [3.05, 3.63) is 194 Å². The summed E-state index contributed by atoms with van der Waals surface area (Å²) in [6, 6.07) is 68.7. The van der Waals surface area contributed by atoms with E-state index in [1.165, 1.54) is 87.3 Å². The number of fused-ring (bicyclic) bond motifs is 11. The second-order valence-corrected chi connectivity index (χ2v) is 13.7. The molecule has 0 spiro atoms. The van der Waals surface area contributed by atoms with Gasteiger partial charge in [0, 0.05) is 33.7 Å². The molecular weight excluding hydrogens is 629 g/mol. The van der Waals surface area contributed by atoms with Crippen molar-refractivity contribution in [3.63, 3.8) is 0 Å². The van der Waals surface area contributed by atoms with Gasteiger partial charge < -0.3 is 9.13 Å². The van der Waals surface area contributed by atoms with Crippen LogP contribution in [-0.4, -0.2) is 9.13 Å². The van der Waals surface area contributed by atoms with Crippen LogP contribution in [0.3, 0.4) is 0 Å². The molecule has 2 heterocycles. The highest BCUT2D eigenvalue weighted by atomic mass is 15.0. The molecule has 0 N–H and O–H groups in total. The van der Waals surface area contributed by atoms with E-state index in [9.17, 15) is 0 Å². The lowest BCUT2D eigenvalue weighted by Crippen LogP contribution is -1.96. The predicted octanol–water partition coefficient (Wildman–Crippen LogP) is 13.5. The number of rotatable bonds is 4. The highest BCUT2D eigenvalue weighted by Crippen LogP contribution is 2.44. The summed E-state index contributed by atoms with van der Waals surface area (Å²) in [5.41, 5.74) is 10.8. The molecule has 0 amide bonds. The zero-order valence-corrected chi connectivity index (χ0v) is 28.4. The van der Waals surface area contributed by atoms with E-state index in [4.69, 9.17) is 0 Å². The molecule has 0 unspecified atom stereocenters. The maximum Gasteiger partial charge on any atom is 0.0641 e. The molecule has 0 atom stereocenters. The third-order valence-electron chi connectivity index (χ3n) is 10.9. The average Bonchev–Trinajstić information content (AvgIpc) is 3.81. The Morgan fingerprint density at radius 3 is 1.56 bits per heavy atom. The first-order valence-electron chi connectivity index (χ1n) is 17.9. The van der Waals surface area contributed by atoms with Crippen LogP contribution < -0.4 is 0 Å². The quantitative estimate of drug-likeness (QED) is 0.166. The topological polar surface area (TPSA) is 9.86 Å². The molecule has 11 rings (SSSR count). The van der Waals surface area contributed by atoms with Gasteiger partial charge in [-0.25, -0.2) is 0 Å². The lowest BCUT2D eigenvalue weighted by atomic mass is 9.92. The van der Waals surface area contributed by atoms with E-state index in [2.05, 4.69) is 203 Å². The molecule has 0 bridgehead atoms. The molecule has 0 aliphatic rings. The molecule has 2 aromatic heterocycles. The fourth-order valence-electron chi connectivity index (χ4n) is 8.59. The van der Waals surface area contributed by atoms with Gasteiger partial charge >= 0.3 is 0 Å². The first-order chi connectivity index (χ1) is 25.8. The number of aromatic nitrogens is 2. The van der Waals surface area contributed by atoms with Gasteiger partial charge in [0.05, 0.1) is 16.6 Å². The summed E-state index contributed by atoms with van der Waals surface area (Å²) in [5.74, 6) is 0. The van der Waals surface area contributed by atoms with Crippen LogP contribution in [0, 0.1) is 0 Å². The first kappa shape index (κ1) is 28.9. The standard InChI is InChI=1S/C50H32N2/c1-3-13-34(14-4-1)45-32-48-44(29-30-51(48)36-15-5-2-6-16-36)50-49(45)43-21-11-12-22-47(43)52(50)37-26-23-33(24-27-37)35-25-28-42-40-19-8-7-17-38(40)39-18-9-10-20-41(39)46(42)31-35/h1-32H. The Morgan fingerprint density at radius 2 is 0.865 bits per heavy atom. The molecule has 2 heteroatoms. The van der Waals surface area contributed by atoms with E-state index >= 15 is 0 Å². The molecule has 0 aliphatic heterocycles. The Kier molecular flexibility index (Phi) is 6.28. The Morgan fingerprint density at radius 1 is 0.308 bits per heavy atom. The fourth-order valence-corrected chi connectivity index (χ4v) is 8.59. The Labute approximate surface area is 301 Å². The molecule has 0 saturated carbocycles. The monoisotopic (exact) mass is 660 g/mol. The second kappa shape index (κ2) is 11.3. The van der Waals surface area contributed by atoms with E-state index in [-0.39, 0.29) is 0 Å². The van der Waals surface area contributed by atoms with Gasteiger partial charge in [0.25, 0.3) is 0 Å². The fraction of sp³-hybridized carbons (Fsp3) is 0. The third-order valence-corrected chi connectivity index (χ3v) is 10.9. The summed E-state index contributed by atoms with van der Waals surface area (Å²) in [7, 11) is 0. The van der Waals surface area contributed by atoms with Crippen molar-refractivity contribution < 1.29 is 0 Å². The molecule has 2 nitrogen and oxygen atoms in total. The van der Waals surface area contributed by atoms with Gasteiger partial charge in [0.2, 0.25) is 0 Å². The van der Waals surface area contributed by atoms with E-state index in [1.54, 1.807) is 0 Å². The SMILES string of the molecule is c1ccc(-c2cc3c(ccn3-c3ccccc3)c3c2c2ccccc2n3-c2ccc(-c3ccc4c5ccccc5c5ccccc5c4c3)cc2)cc1. The zero-order chi connectivity index (χ0) is 34.2. The normalized spacial score (nSPS) is 11.8. The molecule has 0 fully saturated rings. The smallest absolute Gasteiger partial charge is 0.0641 e.